The summed E-state index contributed by atoms with van der Waals surface area (Å²) in [6, 6.07) is 17.0. The van der Waals surface area contributed by atoms with Crippen molar-refractivity contribution in [3.8, 4) is 28.3 Å². The van der Waals surface area contributed by atoms with E-state index in [1.54, 1.807) is 12.4 Å². The Morgan fingerprint density at radius 1 is 0.732 bits per heavy atom. The molecule has 0 aliphatic carbocycles. The fourth-order valence-corrected chi connectivity index (χ4v) is 5.13. The van der Waals surface area contributed by atoms with Gasteiger partial charge in [-0.25, -0.2) is 9.97 Å². The third-order valence-electron chi connectivity index (χ3n) is 7.49. The van der Waals surface area contributed by atoms with Crippen molar-refractivity contribution in [3.05, 3.63) is 66.5 Å². The number of aryl methyl sites for hydroxylation is 1. The highest BCUT2D eigenvalue weighted by Crippen LogP contribution is 2.34. The van der Waals surface area contributed by atoms with Crippen LogP contribution in [0.25, 0.3) is 22.5 Å². The van der Waals surface area contributed by atoms with Crippen molar-refractivity contribution in [2.24, 2.45) is 0 Å². The number of carbonyl (C=O) groups excluding carboxylic acids is 1. The number of hydrogen-bond donors (Lipinski definition) is 0. The molecule has 1 heterocycles. The minimum atomic E-state index is -0.641. The van der Waals surface area contributed by atoms with E-state index in [-0.39, 0.29) is 5.97 Å². The molecule has 3 rings (SSSR count). The van der Waals surface area contributed by atoms with E-state index < -0.39 is 6.29 Å². The summed E-state index contributed by atoms with van der Waals surface area (Å²) < 4.78 is 11.5. The van der Waals surface area contributed by atoms with Gasteiger partial charge in [-0.2, -0.15) is 0 Å². The van der Waals surface area contributed by atoms with Crippen molar-refractivity contribution in [2.45, 2.75) is 123 Å². The van der Waals surface area contributed by atoms with Gasteiger partial charge in [-0.05, 0) is 36.0 Å². The second kappa shape index (κ2) is 19.0. The van der Waals surface area contributed by atoms with Crippen LogP contribution in [0.4, 0.5) is 0 Å². The number of aromatic nitrogens is 2. The van der Waals surface area contributed by atoms with E-state index in [1.165, 1.54) is 56.9 Å². The minimum absolute atomic E-state index is 0.222. The fraction of sp³-hybridized carbons (Fsp3) is 0.528. The van der Waals surface area contributed by atoms with Crippen LogP contribution < -0.4 is 4.74 Å². The maximum atomic E-state index is 12.2. The van der Waals surface area contributed by atoms with Crippen molar-refractivity contribution in [1.82, 2.24) is 9.97 Å². The van der Waals surface area contributed by atoms with Gasteiger partial charge in [0.25, 0.3) is 0 Å². The van der Waals surface area contributed by atoms with E-state index in [4.69, 9.17) is 19.4 Å². The maximum absolute atomic E-state index is 12.2. The summed E-state index contributed by atoms with van der Waals surface area (Å²) in [5.41, 5.74) is 4.65. The molecule has 3 aromatic rings. The van der Waals surface area contributed by atoms with Gasteiger partial charge in [-0.1, -0.05) is 134 Å². The summed E-state index contributed by atoms with van der Waals surface area (Å²) in [6.45, 7) is 6.32. The van der Waals surface area contributed by atoms with E-state index in [0.29, 0.717) is 24.4 Å². The second-order valence-corrected chi connectivity index (χ2v) is 10.9. The summed E-state index contributed by atoms with van der Waals surface area (Å²) in [4.78, 5) is 21.7. The fourth-order valence-electron chi connectivity index (χ4n) is 5.13. The maximum Gasteiger partial charge on any atom is 0.308 e. The average Bonchev–Trinajstić information content (AvgIpc) is 3.00. The molecule has 0 amide bonds. The summed E-state index contributed by atoms with van der Waals surface area (Å²) in [6.07, 6.45) is 19.4. The Balaban J connectivity index is 1.69. The van der Waals surface area contributed by atoms with Crippen LogP contribution in [0.2, 0.25) is 0 Å². The lowest BCUT2D eigenvalue weighted by Crippen LogP contribution is -2.23. The van der Waals surface area contributed by atoms with Crippen LogP contribution in [-0.2, 0) is 16.0 Å². The Hall–Kier alpha value is -3.21. The van der Waals surface area contributed by atoms with E-state index in [2.05, 4.69) is 56.3 Å². The Kier molecular flexibility index (Phi) is 15.0. The smallest absolute Gasteiger partial charge is 0.308 e. The molecular formula is C36H50N2O3. The predicted molar refractivity (Wildman–Crippen MR) is 169 cm³/mol. The molecule has 0 unspecified atom stereocenters. The largest absolute Gasteiger partial charge is 0.452 e. The summed E-state index contributed by atoms with van der Waals surface area (Å²) >= 11 is 0. The molecule has 0 bridgehead atoms. The molecule has 5 heteroatoms. The van der Waals surface area contributed by atoms with Crippen LogP contribution in [0, 0.1) is 0 Å². The van der Waals surface area contributed by atoms with Gasteiger partial charge in [-0.15, -0.1) is 0 Å². The van der Waals surface area contributed by atoms with Gasteiger partial charge in [0.2, 0.25) is 6.29 Å². The molecule has 1 atom stereocenters. The Labute approximate surface area is 248 Å². The molecule has 0 aliphatic heterocycles. The molecule has 5 nitrogen and oxygen atoms in total. The highest BCUT2D eigenvalue weighted by Gasteiger charge is 2.17. The number of unbranched alkanes of at least 4 members (excludes halogenated alkanes) is 10. The van der Waals surface area contributed by atoms with Crippen molar-refractivity contribution in [1.29, 1.82) is 0 Å². The zero-order valence-electron chi connectivity index (χ0n) is 25.6. The molecule has 2 aromatic carbocycles. The van der Waals surface area contributed by atoms with Crippen LogP contribution in [0.1, 0.15) is 116 Å². The first kappa shape index (κ1) is 32.3. The number of carbonyl (C=O) groups is 1. The first-order chi connectivity index (χ1) is 20.2. The Morgan fingerprint density at radius 2 is 1.37 bits per heavy atom. The van der Waals surface area contributed by atoms with Gasteiger partial charge in [0.05, 0.1) is 12.4 Å². The van der Waals surface area contributed by atoms with Crippen molar-refractivity contribution >= 4 is 5.97 Å². The number of esters is 1. The second-order valence-electron chi connectivity index (χ2n) is 10.9. The van der Waals surface area contributed by atoms with Crippen molar-refractivity contribution in [3.63, 3.8) is 0 Å². The molecular weight excluding hydrogens is 508 g/mol. The third-order valence-corrected chi connectivity index (χ3v) is 7.49. The lowest BCUT2D eigenvalue weighted by atomic mass is 9.92. The third kappa shape index (κ3) is 11.3. The SMILES string of the molecule is CCCCCCCCCCCc1cccc(-c2ccccc2)c1-c1ncc(O[C@@H](CC)OC(=O)CCCCC)cn1. The number of ether oxygens (including phenoxy) is 2. The lowest BCUT2D eigenvalue weighted by Gasteiger charge is -2.18. The van der Waals surface area contributed by atoms with Gasteiger partial charge in [-0.3, -0.25) is 4.79 Å². The average molecular weight is 559 g/mol. The van der Waals surface area contributed by atoms with Crippen LogP contribution in [0.5, 0.6) is 5.75 Å². The summed E-state index contributed by atoms with van der Waals surface area (Å²) in [5, 5.41) is 0. The van der Waals surface area contributed by atoms with Gasteiger partial charge >= 0.3 is 5.97 Å². The van der Waals surface area contributed by atoms with E-state index >= 15 is 0 Å². The zero-order valence-corrected chi connectivity index (χ0v) is 25.6. The lowest BCUT2D eigenvalue weighted by molar-refractivity contribution is -0.164. The highest BCUT2D eigenvalue weighted by molar-refractivity contribution is 5.83. The van der Waals surface area contributed by atoms with Crippen LogP contribution in [0.15, 0.2) is 60.9 Å². The quantitative estimate of drug-likeness (QED) is 0.0784. The molecule has 41 heavy (non-hydrogen) atoms. The zero-order chi connectivity index (χ0) is 29.1. The topological polar surface area (TPSA) is 61.3 Å². The Morgan fingerprint density at radius 3 is 2.02 bits per heavy atom. The monoisotopic (exact) mass is 558 g/mol. The molecule has 1 aromatic heterocycles. The van der Waals surface area contributed by atoms with Gasteiger partial charge in [0.15, 0.2) is 11.6 Å². The molecule has 0 saturated carbocycles. The molecule has 0 N–H and O–H groups in total. The van der Waals surface area contributed by atoms with E-state index in [1.807, 2.05) is 13.0 Å². The Bertz CT molecular complexity index is 1130. The van der Waals surface area contributed by atoms with Crippen molar-refractivity contribution < 1.29 is 14.3 Å². The molecule has 0 radical (unpaired) electrons. The molecule has 222 valence electrons. The molecule has 0 saturated heterocycles. The van der Waals surface area contributed by atoms with E-state index in [0.717, 1.165) is 48.8 Å². The number of hydrogen-bond acceptors (Lipinski definition) is 5. The van der Waals surface area contributed by atoms with Crippen LogP contribution >= 0.6 is 0 Å². The van der Waals surface area contributed by atoms with Gasteiger partial charge < -0.3 is 9.47 Å². The number of benzene rings is 2. The normalized spacial score (nSPS) is 11.8. The first-order valence-electron chi connectivity index (χ1n) is 16.0. The highest BCUT2D eigenvalue weighted by atomic mass is 16.7. The van der Waals surface area contributed by atoms with Crippen LogP contribution in [-0.4, -0.2) is 22.2 Å². The summed E-state index contributed by atoms with van der Waals surface area (Å²) in [7, 11) is 0. The molecule has 0 spiro atoms. The predicted octanol–water partition coefficient (Wildman–Crippen LogP) is 10.1. The number of nitrogens with zero attached hydrogens (tertiary/aromatic N) is 2. The van der Waals surface area contributed by atoms with Gasteiger partial charge in [0.1, 0.15) is 0 Å². The minimum Gasteiger partial charge on any atom is -0.452 e. The van der Waals surface area contributed by atoms with Crippen molar-refractivity contribution in [2.75, 3.05) is 0 Å². The molecule has 0 aliphatic rings. The van der Waals surface area contributed by atoms with E-state index in [9.17, 15) is 4.79 Å². The standard InChI is InChI=1S/C36H50N2O3/c1-4-7-9-10-11-12-13-14-17-23-30-24-20-25-32(29-21-18-15-19-22-29)35(30)36-37-27-31(28-38-36)40-34(6-3)41-33(39)26-16-8-5-2/h15,18-22,24-25,27-28,34H,4-14,16-17,23,26H2,1-3H3/t34-/m1/s1. The molecule has 0 fully saturated rings. The summed E-state index contributed by atoms with van der Waals surface area (Å²) in [5.74, 6) is 0.965. The van der Waals surface area contributed by atoms with Crippen LogP contribution in [0.3, 0.4) is 0 Å². The van der Waals surface area contributed by atoms with Gasteiger partial charge in [0, 0.05) is 18.4 Å². The number of rotatable bonds is 20. The first-order valence-corrected chi connectivity index (χ1v) is 16.0.